The fraction of sp³-hybridized carbons (Fsp3) is 0.381. The SMILES string of the molecule is CCN1CCN(C(=O)c2ccnc(NCCc3c[nH]c4ccccc34)n2)CC1. The van der Waals surface area contributed by atoms with Gasteiger partial charge in [-0.1, -0.05) is 25.1 Å². The summed E-state index contributed by atoms with van der Waals surface area (Å²) in [4.78, 5) is 29.0. The summed E-state index contributed by atoms with van der Waals surface area (Å²) in [6.07, 6.45) is 4.55. The number of aromatic nitrogens is 3. The number of hydrogen-bond acceptors (Lipinski definition) is 5. The van der Waals surface area contributed by atoms with Crippen LogP contribution in [0, 0.1) is 0 Å². The van der Waals surface area contributed by atoms with Gasteiger partial charge in [0, 0.05) is 56.0 Å². The maximum absolute atomic E-state index is 12.7. The summed E-state index contributed by atoms with van der Waals surface area (Å²) in [6.45, 7) is 7.22. The molecular formula is C21H26N6O. The summed E-state index contributed by atoms with van der Waals surface area (Å²) in [5.74, 6) is 0.482. The number of carbonyl (C=O) groups excluding carboxylic acids is 1. The summed E-state index contributed by atoms with van der Waals surface area (Å²) >= 11 is 0. The van der Waals surface area contributed by atoms with Gasteiger partial charge in [-0.2, -0.15) is 0 Å². The number of H-pyrrole nitrogens is 1. The summed E-state index contributed by atoms with van der Waals surface area (Å²) in [7, 11) is 0. The normalized spacial score (nSPS) is 15.1. The molecule has 0 bridgehead atoms. The van der Waals surface area contributed by atoms with Crippen molar-refractivity contribution in [1.29, 1.82) is 0 Å². The minimum Gasteiger partial charge on any atom is -0.361 e. The predicted octanol–water partition coefficient (Wildman–Crippen LogP) is 2.39. The first kappa shape index (κ1) is 18.4. The van der Waals surface area contributed by atoms with E-state index in [2.05, 4.69) is 44.2 Å². The van der Waals surface area contributed by atoms with Gasteiger partial charge in [0.2, 0.25) is 5.95 Å². The summed E-state index contributed by atoms with van der Waals surface area (Å²) in [6, 6.07) is 9.96. The number of amides is 1. The van der Waals surface area contributed by atoms with Crippen LogP contribution in [0.1, 0.15) is 23.0 Å². The lowest BCUT2D eigenvalue weighted by atomic mass is 10.1. The van der Waals surface area contributed by atoms with Gasteiger partial charge in [0.15, 0.2) is 0 Å². The highest BCUT2D eigenvalue weighted by Crippen LogP contribution is 2.18. The van der Waals surface area contributed by atoms with E-state index in [1.54, 1.807) is 12.3 Å². The third-order valence-corrected chi connectivity index (χ3v) is 5.33. The van der Waals surface area contributed by atoms with Gasteiger partial charge >= 0.3 is 0 Å². The molecular weight excluding hydrogens is 352 g/mol. The van der Waals surface area contributed by atoms with E-state index in [-0.39, 0.29) is 5.91 Å². The Balaban J connectivity index is 1.35. The number of nitrogens with zero attached hydrogens (tertiary/aromatic N) is 4. The quantitative estimate of drug-likeness (QED) is 0.689. The third kappa shape index (κ3) is 3.99. The molecule has 1 saturated heterocycles. The number of fused-ring (bicyclic) bond motifs is 1. The van der Waals surface area contributed by atoms with Gasteiger partial charge in [-0.15, -0.1) is 0 Å². The smallest absolute Gasteiger partial charge is 0.272 e. The van der Waals surface area contributed by atoms with Crippen LogP contribution in [0.3, 0.4) is 0 Å². The van der Waals surface area contributed by atoms with E-state index in [9.17, 15) is 4.79 Å². The number of carbonyl (C=O) groups is 1. The van der Waals surface area contributed by atoms with Crippen molar-refractivity contribution in [3.05, 3.63) is 54.0 Å². The van der Waals surface area contributed by atoms with Crippen LogP contribution in [0.25, 0.3) is 10.9 Å². The van der Waals surface area contributed by atoms with E-state index in [4.69, 9.17) is 0 Å². The molecule has 3 aromatic rings. The van der Waals surface area contributed by atoms with E-state index in [1.807, 2.05) is 23.2 Å². The fourth-order valence-electron chi connectivity index (χ4n) is 3.64. The average molecular weight is 378 g/mol. The molecule has 0 atom stereocenters. The fourth-order valence-corrected chi connectivity index (χ4v) is 3.64. The molecule has 0 spiro atoms. The first-order chi connectivity index (χ1) is 13.7. The largest absolute Gasteiger partial charge is 0.361 e. The Morgan fingerprint density at radius 3 is 2.82 bits per heavy atom. The number of aromatic amines is 1. The molecule has 1 aromatic carbocycles. The zero-order valence-corrected chi connectivity index (χ0v) is 16.2. The topological polar surface area (TPSA) is 77.1 Å². The molecule has 28 heavy (non-hydrogen) atoms. The molecule has 2 aromatic heterocycles. The van der Waals surface area contributed by atoms with Crippen LogP contribution in [-0.2, 0) is 6.42 Å². The van der Waals surface area contributed by atoms with Crippen molar-refractivity contribution in [3.8, 4) is 0 Å². The van der Waals surface area contributed by atoms with Gasteiger partial charge in [-0.25, -0.2) is 9.97 Å². The number of para-hydroxylation sites is 1. The Kier molecular flexibility index (Phi) is 5.53. The van der Waals surface area contributed by atoms with Crippen LogP contribution in [0.15, 0.2) is 42.7 Å². The Bertz CT molecular complexity index is 945. The second kappa shape index (κ2) is 8.39. The van der Waals surface area contributed by atoms with Crippen LogP contribution in [0.2, 0.25) is 0 Å². The lowest BCUT2D eigenvalue weighted by Gasteiger charge is -2.33. The minimum atomic E-state index is -0.0159. The lowest BCUT2D eigenvalue weighted by molar-refractivity contribution is 0.0637. The molecule has 0 radical (unpaired) electrons. The van der Waals surface area contributed by atoms with Gasteiger partial charge in [-0.05, 0) is 30.7 Å². The van der Waals surface area contributed by atoms with Crippen molar-refractivity contribution in [2.45, 2.75) is 13.3 Å². The molecule has 1 aliphatic heterocycles. The number of nitrogens with one attached hydrogen (secondary N) is 2. The summed E-state index contributed by atoms with van der Waals surface area (Å²) < 4.78 is 0. The molecule has 1 amide bonds. The van der Waals surface area contributed by atoms with Crippen LogP contribution < -0.4 is 5.32 Å². The lowest BCUT2D eigenvalue weighted by Crippen LogP contribution is -2.48. The van der Waals surface area contributed by atoms with E-state index in [1.165, 1.54) is 10.9 Å². The van der Waals surface area contributed by atoms with Gasteiger partial charge in [0.25, 0.3) is 5.91 Å². The van der Waals surface area contributed by atoms with E-state index >= 15 is 0 Å². The Hall–Kier alpha value is -2.93. The van der Waals surface area contributed by atoms with Crippen molar-refractivity contribution in [1.82, 2.24) is 24.8 Å². The molecule has 3 heterocycles. The van der Waals surface area contributed by atoms with E-state index < -0.39 is 0 Å². The molecule has 0 saturated carbocycles. The first-order valence-corrected chi connectivity index (χ1v) is 9.88. The first-order valence-electron chi connectivity index (χ1n) is 9.88. The van der Waals surface area contributed by atoms with Gasteiger partial charge in [-0.3, -0.25) is 4.79 Å². The highest BCUT2D eigenvalue weighted by atomic mass is 16.2. The summed E-state index contributed by atoms with van der Waals surface area (Å²) in [5.41, 5.74) is 2.85. The molecule has 146 valence electrons. The molecule has 4 rings (SSSR count). The predicted molar refractivity (Wildman–Crippen MR) is 111 cm³/mol. The van der Waals surface area contributed by atoms with Crippen molar-refractivity contribution in [3.63, 3.8) is 0 Å². The van der Waals surface area contributed by atoms with Crippen LogP contribution >= 0.6 is 0 Å². The molecule has 0 unspecified atom stereocenters. The van der Waals surface area contributed by atoms with E-state index in [0.717, 1.165) is 44.7 Å². The van der Waals surface area contributed by atoms with E-state index in [0.29, 0.717) is 18.2 Å². The van der Waals surface area contributed by atoms with Crippen molar-refractivity contribution in [2.75, 3.05) is 44.6 Å². The highest BCUT2D eigenvalue weighted by Gasteiger charge is 2.22. The molecule has 7 heteroatoms. The Morgan fingerprint density at radius 2 is 2.00 bits per heavy atom. The average Bonchev–Trinajstić information content (AvgIpc) is 3.17. The zero-order chi connectivity index (χ0) is 19.3. The molecule has 1 aliphatic rings. The zero-order valence-electron chi connectivity index (χ0n) is 16.2. The van der Waals surface area contributed by atoms with Crippen LogP contribution in [0.4, 0.5) is 5.95 Å². The number of piperazine rings is 1. The van der Waals surface area contributed by atoms with Gasteiger partial charge < -0.3 is 20.1 Å². The second-order valence-electron chi connectivity index (χ2n) is 7.03. The Morgan fingerprint density at radius 1 is 1.18 bits per heavy atom. The van der Waals surface area contributed by atoms with Crippen molar-refractivity contribution >= 4 is 22.8 Å². The van der Waals surface area contributed by atoms with Crippen molar-refractivity contribution in [2.24, 2.45) is 0 Å². The monoisotopic (exact) mass is 378 g/mol. The number of likely N-dealkylation sites (N-methyl/N-ethyl adjacent to an activating group) is 1. The summed E-state index contributed by atoms with van der Waals surface area (Å²) in [5, 5.41) is 4.48. The number of benzene rings is 1. The molecule has 0 aliphatic carbocycles. The maximum Gasteiger partial charge on any atom is 0.272 e. The number of rotatable bonds is 6. The van der Waals surface area contributed by atoms with Crippen LogP contribution in [-0.4, -0.2) is 69.9 Å². The van der Waals surface area contributed by atoms with Crippen LogP contribution in [0.5, 0.6) is 0 Å². The maximum atomic E-state index is 12.7. The molecule has 7 nitrogen and oxygen atoms in total. The standard InChI is InChI=1S/C21H26N6O/c1-2-26-11-13-27(14-12-26)20(28)19-8-10-23-21(25-19)22-9-7-16-15-24-18-6-4-3-5-17(16)18/h3-6,8,10,15,24H,2,7,9,11-14H2,1H3,(H,22,23,25). The number of anilines is 1. The van der Waals surface area contributed by atoms with Gasteiger partial charge in [0.1, 0.15) is 5.69 Å². The van der Waals surface area contributed by atoms with Gasteiger partial charge in [0.05, 0.1) is 0 Å². The molecule has 1 fully saturated rings. The van der Waals surface area contributed by atoms with Crippen molar-refractivity contribution < 1.29 is 4.79 Å². The molecule has 2 N–H and O–H groups in total. The highest BCUT2D eigenvalue weighted by molar-refractivity contribution is 5.92. The third-order valence-electron chi connectivity index (χ3n) is 5.33. The minimum absolute atomic E-state index is 0.0159. The Labute approximate surface area is 164 Å². The second-order valence-corrected chi connectivity index (χ2v) is 7.03. The number of hydrogen-bond donors (Lipinski definition) is 2.